The van der Waals surface area contributed by atoms with Crippen molar-refractivity contribution in [2.75, 3.05) is 7.11 Å². The molecule has 4 aliphatic carbocycles. The maximum atomic E-state index is 5.79. The first-order valence-corrected chi connectivity index (χ1v) is 14.0. The van der Waals surface area contributed by atoms with E-state index in [1.165, 1.54) is 70.6 Å². The maximum absolute atomic E-state index is 5.79. The Balaban J connectivity index is 1.48. The molecule has 31 heavy (non-hydrogen) atoms. The van der Waals surface area contributed by atoms with E-state index in [0.717, 1.165) is 41.4 Å². The lowest BCUT2D eigenvalue weighted by Gasteiger charge is -2.58. The number of hydrogen-bond donors (Lipinski definition) is 0. The summed E-state index contributed by atoms with van der Waals surface area (Å²) in [5, 5.41) is 0. The largest absolute Gasteiger partial charge is 0.381 e. The van der Waals surface area contributed by atoms with Gasteiger partial charge in [-0.25, -0.2) is 0 Å². The molecule has 0 aliphatic heterocycles. The molecule has 1 heteroatoms. The van der Waals surface area contributed by atoms with Crippen molar-refractivity contribution in [1.29, 1.82) is 0 Å². The van der Waals surface area contributed by atoms with Crippen molar-refractivity contribution < 1.29 is 4.74 Å². The summed E-state index contributed by atoms with van der Waals surface area (Å²) in [6.07, 6.45) is 18.7. The third-order valence-corrected chi connectivity index (χ3v) is 11.6. The molecule has 178 valence electrons. The molecular weight excluding hydrogens is 376 g/mol. The average molecular weight is 429 g/mol. The molecule has 0 saturated heterocycles. The number of ether oxygens (including phenoxy) is 1. The highest BCUT2D eigenvalue weighted by Crippen LogP contribution is 2.67. The molecule has 0 aromatic heterocycles. The standard InChI is InChI=1S/C30H52O/c1-8-22(20(2)3)10-9-21(4)26-13-14-27-25-12-11-23-19-24(31-7)15-17-29(23,5)28(25)16-18-30(26,27)6/h12,20-24,26-28H,8-11,13-19H2,1-7H3/t21-,22?,23?,24+,26-,27?,28?,29+,30-/m1/s1. The topological polar surface area (TPSA) is 9.23 Å². The molecule has 0 radical (unpaired) electrons. The van der Waals surface area contributed by atoms with Crippen LogP contribution in [0.2, 0.25) is 0 Å². The summed E-state index contributed by atoms with van der Waals surface area (Å²) in [5.74, 6) is 6.19. The van der Waals surface area contributed by atoms with E-state index in [4.69, 9.17) is 4.74 Å². The van der Waals surface area contributed by atoms with Gasteiger partial charge in [0.05, 0.1) is 6.10 Å². The van der Waals surface area contributed by atoms with Gasteiger partial charge >= 0.3 is 0 Å². The SMILES string of the molecule is CCC(CC[C@@H](C)[C@H]1CCC2C3=CCC4C[C@@H](OC)CC[C@]4(C)C3CC[C@@]21C)C(C)C. The fraction of sp³-hybridized carbons (Fsp3) is 0.933. The molecule has 4 unspecified atom stereocenters. The highest BCUT2D eigenvalue weighted by molar-refractivity contribution is 5.27. The molecule has 9 atom stereocenters. The van der Waals surface area contributed by atoms with E-state index in [0.29, 0.717) is 16.9 Å². The Labute approximate surface area is 194 Å². The predicted octanol–water partition coefficient (Wildman–Crippen LogP) is 8.68. The zero-order valence-corrected chi connectivity index (χ0v) is 21.9. The molecule has 3 fully saturated rings. The summed E-state index contributed by atoms with van der Waals surface area (Å²) in [4.78, 5) is 0. The molecule has 0 N–H and O–H groups in total. The summed E-state index contributed by atoms with van der Waals surface area (Å²) in [6.45, 7) is 15.2. The average Bonchev–Trinajstić information content (AvgIpc) is 3.10. The van der Waals surface area contributed by atoms with Crippen molar-refractivity contribution in [3.8, 4) is 0 Å². The first-order chi connectivity index (χ1) is 14.7. The molecule has 0 heterocycles. The van der Waals surface area contributed by atoms with Crippen molar-refractivity contribution in [3.63, 3.8) is 0 Å². The van der Waals surface area contributed by atoms with E-state index in [9.17, 15) is 0 Å². The van der Waals surface area contributed by atoms with Gasteiger partial charge in [0.2, 0.25) is 0 Å². The smallest absolute Gasteiger partial charge is 0.0574 e. The van der Waals surface area contributed by atoms with E-state index in [2.05, 4.69) is 47.6 Å². The van der Waals surface area contributed by atoms with Crippen LogP contribution in [-0.4, -0.2) is 13.2 Å². The molecule has 0 aromatic carbocycles. The summed E-state index contributed by atoms with van der Waals surface area (Å²) in [5.41, 5.74) is 3.02. The zero-order chi connectivity index (χ0) is 22.4. The van der Waals surface area contributed by atoms with Crippen LogP contribution in [0.25, 0.3) is 0 Å². The van der Waals surface area contributed by atoms with Gasteiger partial charge in [-0.15, -0.1) is 0 Å². The number of methoxy groups -OCH3 is 1. The van der Waals surface area contributed by atoms with Crippen LogP contribution in [0.5, 0.6) is 0 Å². The molecule has 0 amide bonds. The van der Waals surface area contributed by atoms with Crippen LogP contribution in [0, 0.1) is 52.3 Å². The van der Waals surface area contributed by atoms with E-state index in [1.807, 2.05) is 12.7 Å². The quantitative estimate of drug-likeness (QED) is 0.368. The van der Waals surface area contributed by atoms with E-state index >= 15 is 0 Å². The fourth-order valence-corrected chi connectivity index (χ4v) is 9.35. The lowest BCUT2D eigenvalue weighted by atomic mass is 9.47. The van der Waals surface area contributed by atoms with Crippen LogP contribution in [0.3, 0.4) is 0 Å². The van der Waals surface area contributed by atoms with E-state index in [-0.39, 0.29) is 0 Å². The van der Waals surface area contributed by atoms with Crippen molar-refractivity contribution in [1.82, 2.24) is 0 Å². The van der Waals surface area contributed by atoms with Crippen LogP contribution in [0.1, 0.15) is 112 Å². The number of rotatable bonds is 7. The summed E-state index contributed by atoms with van der Waals surface area (Å²) >= 11 is 0. The Kier molecular flexibility index (Phi) is 7.04. The lowest BCUT2D eigenvalue weighted by Crippen LogP contribution is -2.50. The molecule has 4 rings (SSSR count). The van der Waals surface area contributed by atoms with Gasteiger partial charge in [-0.1, -0.05) is 66.0 Å². The van der Waals surface area contributed by atoms with Gasteiger partial charge in [-0.05, 0) is 110 Å². The van der Waals surface area contributed by atoms with Gasteiger partial charge in [0, 0.05) is 7.11 Å². The molecule has 0 aromatic rings. The minimum Gasteiger partial charge on any atom is -0.381 e. The summed E-state index contributed by atoms with van der Waals surface area (Å²) < 4.78 is 5.79. The van der Waals surface area contributed by atoms with Gasteiger partial charge in [-0.2, -0.15) is 0 Å². The minimum atomic E-state index is 0.511. The number of fused-ring (bicyclic) bond motifs is 5. The minimum absolute atomic E-state index is 0.511. The highest BCUT2D eigenvalue weighted by atomic mass is 16.5. The summed E-state index contributed by atoms with van der Waals surface area (Å²) in [7, 11) is 1.92. The molecule has 0 spiro atoms. The van der Waals surface area contributed by atoms with Crippen molar-refractivity contribution in [2.24, 2.45) is 52.3 Å². The van der Waals surface area contributed by atoms with Gasteiger partial charge in [0.1, 0.15) is 0 Å². The second kappa shape index (κ2) is 9.15. The highest BCUT2D eigenvalue weighted by Gasteiger charge is 2.58. The van der Waals surface area contributed by atoms with Crippen LogP contribution >= 0.6 is 0 Å². The molecule has 0 bridgehead atoms. The van der Waals surface area contributed by atoms with Crippen molar-refractivity contribution in [3.05, 3.63) is 11.6 Å². The Morgan fingerprint density at radius 1 is 0.968 bits per heavy atom. The van der Waals surface area contributed by atoms with Gasteiger partial charge in [-0.3, -0.25) is 0 Å². The lowest BCUT2D eigenvalue weighted by molar-refractivity contribution is -0.0545. The zero-order valence-electron chi connectivity index (χ0n) is 21.9. The third-order valence-electron chi connectivity index (χ3n) is 11.6. The Morgan fingerprint density at radius 3 is 2.35 bits per heavy atom. The Hall–Kier alpha value is -0.300. The number of allylic oxidation sites excluding steroid dienone is 2. The molecule has 1 nitrogen and oxygen atoms in total. The van der Waals surface area contributed by atoms with Crippen LogP contribution in [-0.2, 0) is 4.74 Å². The van der Waals surface area contributed by atoms with E-state index < -0.39 is 0 Å². The molecule has 3 saturated carbocycles. The predicted molar refractivity (Wildman–Crippen MR) is 133 cm³/mol. The third kappa shape index (κ3) is 4.08. The number of hydrogen-bond acceptors (Lipinski definition) is 1. The first kappa shape index (κ1) is 23.8. The van der Waals surface area contributed by atoms with Gasteiger partial charge in [0.25, 0.3) is 0 Å². The van der Waals surface area contributed by atoms with Gasteiger partial charge in [0.15, 0.2) is 0 Å². The second-order valence-electron chi connectivity index (χ2n) is 13.1. The maximum Gasteiger partial charge on any atom is 0.0574 e. The fourth-order valence-electron chi connectivity index (χ4n) is 9.35. The van der Waals surface area contributed by atoms with Crippen LogP contribution in [0.15, 0.2) is 11.6 Å². The second-order valence-corrected chi connectivity index (χ2v) is 13.1. The normalized spacial score (nSPS) is 44.3. The van der Waals surface area contributed by atoms with Crippen molar-refractivity contribution >= 4 is 0 Å². The monoisotopic (exact) mass is 428 g/mol. The first-order valence-electron chi connectivity index (χ1n) is 14.0. The molecule has 4 aliphatic rings. The van der Waals surface area contributed by atoms with Crippen LogP contribution in [0.4, 0.5) is 0 Å². The van der Waals surface area contributed by atoms with Crippen LogP contribution < -0.4 is 0 Å². The Morgan fingerprint density at radius 2 is 1.68 bits per heavy atom. The van der Waals surface area contributed by atoms with Gasteiger partial charge < -0.3 is 4.74 Å². The van der Waals surface area contributed by atoms with E-state index in [1.54, 1.807) is 0 Å². The molecular formula is C30H52O. The summed E-state index contributed by atoms with van der Waals surface area (Å²) in [6, 6.07) is 0. The Bertz CT molecular complexity index is 649. The van der Waals surface area contributed by atoms with Crippen molar-refractivity contribution in [2.45, 2.75) is 118 Å².